The van der Waals surface area contributed by atoms with Gasteiger partial charge in [-0.05, 0) is 38.1 Å². The third-order valence-electron chi connectivity index (χ3n) is 3.48. The van der Waals surface area contributed by atoms with Crippen molar-refractivity contribution in [2.45, 2.75) is 25.4 Å². The number of halogens is 1. The van der Waals surface area contributed by atoms with Gasteiger partial charge in [0.2, 0.25) is 0 Å². The van der Waals surface area contributed by atoms with Gasteiger partial charge in [-0.25, -0.2) is 0 Å². The summed E-state index contributed by atoms with van der Waals surface area (Å²) in [5, 5.41) is 0. The smallest absolute Gasteiger partial charge is 0.161 e. The van der Waals surface area contributed by atoms with Crippen molar-refractivity contribution in [3.8, 4) is 11.5 Å². The molecular formula is C14H20ClNO2. The van der Waals surface area contributed by atoms with Gasteiger partial charge >= 0.3 is 0 Å². The van der Waals surface area contributed by atoms with Crippen LogP contribution in [0.25, 0.3) is 0 Å². The summed E-state index contributed by atoms with van der Waals surface area (Å²) in [4.78, 5) is 2.49. The molecule has 0 aliphatic carbocycles. The normalized spacial score (nSPS) is 23.2. The Hall–Kier alpha value is -0.930. The summed E-state index contributed by atoms with van der Waals surface area (Å²) in [7, 11) is 0. The number of para-hydroxylation sites is 2. The average molecular weight is 270 g/mol. The minimum Gasteiger partial charge on any atom is -0.486 e. The minimum absolute atomic E-state index is 0. The van der Waals surface area contributed by atoms with Crippen molar-refractivity contribution in [2.75, 3.05) is 26.2 Å². The van der Waals surface area contributed by atoms with Gasteiger partial charge in [-0.2, -0.15) is 0 Å². The molecule has 0 N–H and O–H groups in total. The van der Waals surface area contributed by atoms with Gasteiger partial charge in [-0.3, -0.25) is 4.90 Å². The fourth-order valence-electron chi connectivity index (χ4n) is 2.58. The van der Waals surface area contributed by atoms with Crippen LogP contribution in [0.15, 0.2) is 24.3 Å². The van der Waals surface area contributed by atoms with Gasteiger partial charge in [0.15, 0.2) is 11.5 Å². The summed E-state index contributed by atoms with van der Waals surface area (Å²) in [6.07, 6.45) is 4.21. The summed E-state index contributed by atoms with van der Waals surface area (Å²) < 4.78 is 11.7. The zero-order valence-electron chi connectivity index (χ0n) is 10.5. The fourth-order valence-corrected chi connectivity index (χ4v) is 2.58. The van der Waals surface area contributed by atoms with Crippen LogP contribution < -0.4 is 9.47 Å². The molecule has 3 nitrogen and oxygen atoms in total. The maximum atomic E-state index is 5.97. The number of hydrogen-bond donors (Lipinski definition) is 0. The molecule has 0 bridgehead atoms. The maximum absolute atomic E-state index is 5.97. The van der Waals surface area contributed by atoms with Gasteiger partial charge in [-0.15, -0.1) is 12.4 Å². The Balaban J connectivity index is 0.00000120. The SMILES string of the molecule is Cl.c1ccc2c(c1)OC[C@@H](CN1CCCCC1)O2. The van der Waals surface area contributed by atoms with Gasteiger partial charge in [0, 0.05) is 6.54 Å². The van der Waals surface area contributed by atoms with Crippen molar-refractivity contribution < 1.29 is 9.47 Å². The van der Waals surface area contributed by atoms with E-state index in [9.17, 15) is 0 Å². The molecule has 2 aliphatic rings. The highest BCUT2D eigenvalue weighted by Crippen LogP contribution is 2.31. The van der Waals surface area contributed by atoms with E-state index in [2.05, 4.69) is 4.90 Å². The van der Waals surface area contributed by atoms with E-state index >= 15 is 0 Å². The predicted molar refractivity (Wildman–Crippen MR) is 73.9 cm³/mol. The molecule has 1 atom stereocenters. The van der Waals surface area contributed by atoms with Crippen LogP contribution in [-0.2, 0) is 0 Å². The van der Waals surface area contributed by atoms with E-state index < -0.39 is 0 Å². The Morgan fingerprint density at radius 3 is 2.56 bits per heavy atom. The van der Waals surface area contributed by atoms with Crippen LogP contribution in [0.4, 0.5) is 0 Å². The monoisotopic (exact) mass is 269 g/mol. The highest BCUT2D eigenvalue weighted by molar-refractivity contribution is 5.85. The molecule has 2 heterocycles. The first-order valence-electron chi connectivity index (χ1n) is 6.53. The summed E-state index contributed by atoms with van der Waals surface area (Å²) in [6, 6.07) is 7.92. The molecule has 1 fully saturated rings. The van der Waals surface area contributed by atoms with E-state index in [0.29, 0.717) is 6.61 Å². The first-order valence-corrected chi connectivity index (χ1v) is 6.53. The molecule has 0 radical (unpaired) electrons. The van der Waals surface area contributed by atoms with Crippen molar-refractivity contribution in [1.29, 1.82) is 0 Å². The molecule has 3 rings (SSSR count). The van der Waals surface area contributed by atoms with E-state index in [-0.39, 0.29) is 18.5 Å². The van der Waals surface area contributed by atoms with Gasteiger partial charge in [0.05, 0.1) is 0 Å². The Morgan fingerprint density at radius 1 is 1.06 bits per heavy atom. The van der Waals surface area contributed by atoms with Gasteiger partial charge in [0.25, 0.3) is 0 Å². The molecule has 1 aromatic carbocycles. The fraction of sp³-hybridized carbons (Fsp3) is 0.571. The number of likely N-dealkylation sites (tertiary alicyclic amines) is 1. The predicted octanol–water partition coefficient (Wildman–Crippen LogP) is 2.73. The molecule has 1 aromatic rings. The number of benzene rings is 1. The van der Waals surface area contributed by atoms with E-state index in [4.69, 9.17) is 9.47 Å². The number of fused-ring (bicyclic) bond motifs is 1. The number of nitrogens with zero attached hydrogens (tertiary/aromatic N) is 1. The summed E-state index contributed by atoms with van der Waals surface area (Å²) in [5.41, 5.74) is 0. The van der Waals surface area contributed by atoms with Crippen molar-refractivity contribution in [1.82, 2.24) is 4.90 Å². The van der Waals surface area contributed by atoms with Gasteiger partial charge < -0.3 is 9.47 Å². The number of ether oxygens (including phenoxy) is 2. The molecule has 0 unspecified atom stereocenters. The molecule has 1 saturated heterocycles. The van der Waals surface area contributed by atoms with E-state index in [1.165, 1.54) is 32.4 Å². The second-order valence-electron chi connectivity index (χ2n) is 4.86. The lowest BCUT2D eigenvalue weighted by Crippen LogP contribution is -2.42. The Bertz CT molecular complexity index is 380. The molecule has 2 aliphatic heterocycles. The second kappa shape index (κ2) is 6.30. The quantitative estimate of drug-likeness (QED) is 0.824. The standard InChI is InChI=1S/C14H19NO2.ClH/c1-4-8-15(9-5-1)10-12-11-16-13-6-2-3-7-14(13)17-12;/h2-3,6-7,12H,1,4-5,8-11H2;1H/t12-;/m1./s1. The first kappa shape index (κ1) is 13.5. The number of hydrogen-bond acceptors (Lipinski definition) is 3. The van der Waals surface area contributed by atoms with Crippen molar-refractivity contribution >= 4 is 12.4 Å². The van der Waals surface area contributed by atoms with Crippen LogP contribution in [-0.4, -0.2) is 37.2 Å². The zero-order valence-corrected chi connectivity index (χ0v) is 11.3. The third-order valence-corrected chi connectivity index (χ3v) is 3.48. The number of rotatable bonds is 2. The Kier molecular flexibility index (Phi) is 4.72. The lowest BCUT2D eigenvalue weighted by atomic mass is 10.1. The van der Waals surface area contributed by atoms with E-state index in [1.54, 1.807) is 0 Å². The van der Waals surface area contributed by atoms with Crippen LogP contribution in [0, 0.1) is 0 Å². The summed E-state index contributed by atoms with van der Waals surface area (Å²) in [5.74, 6) is 1.77. The topological polar surface area (TPSA) is 21.7 Å². The van der Waals surface area contributed by atoms with Gasteiger partial charge in [0.1, 0.15) is 12.7 Å². The zero-order chi connectivity index (χ0) is 11.5. The Morgan fingerprint density at radius 2 is 1.78 bits per heavy atom. The van der Waals surface area contributed by atoms with Gasteiger partial charge in [-0.1, -0.05) is 18.6 Å². The Labute approximate surface area is 114 Å². The molecule has 0 amide bonds. The lowest BCUT2D eigenvalue weighted by molar-refractivity contribution is 0.0533. The summed E-state index contributed by atoms with van der Waals surface area (Å²) in [6.45, 7) is 4.09. The summed E-state index contributed by atoms with van der Waals surface area (Å²) >= 11 is 0. The first-order chi connectivity index (χ1) is 8.42. The van der Waals surface area contributed by atoms with Crippen molar-refractivity contribution in [2.24, 2.45) is 0 Å². The second-order valence-corrected chi connectivity index (χ2v) is 4.86. The van der Waals surface area contributed by atoms with Crippen LogP contribution in [0.3, 0.4) is 0 Å². The molecule has 18 heavy (non-hydrogen) atoms. The highest BCUT2D eigenvalue weighted by atomic mass is 35.5. The maximum Gasteiger partial charge on any atom is 0.161 e. The van der Waals surface area contributed by atoms with E-state index in [1.807, 2.05) is 24.3 Å². The molecule has 0 aromatic heterocycles. The molecular weight excluding hydrogens is 250 g/mol. The molecule has 100 valence electrons. The van der Waals surface area contributed by atoms with Crippen molar-refractivity contribution in [3.05, 3.63) is 24.3 Å². The van der Waals surface area contributed by atoms with Crippen LogP contribution in [0.1, 0.15) is 19.3 Å². The van der Waals surface area contributed by atoms with E-state index in [0.717, 1.165) is 18.0 Å². The minimum atomic E-state index is 0. The largest absolute Gasteiger partial charge is 0.486 e. The van der Waals surface area contributed by atoms with Crippen molar-refractivity contribution in [3.63, 3.8) is 0 Å². The third kappa shape index (κ3) is 3.09. The molecule has 4 heteroatoms. The molecule has 0 saturated carbocycles. The van der Waals surface area contributed by atoms with Crippen LogP contribution >= 0.6 is 12.4 Å². The average Bonchev–Trinajstić information content (AvgIpc) is 2.40. The van der Waals surface area contributed by atoms with Crippen LogP contribution in [0.2, 0.25) is 0 Å². The lowest BCUT2D eigenvalue weighted by Gasteiger charge is -2.33. The van der Waals surface area contributed by atoms with Crippen LogP contribution in [0.5, 0.6) is 11.5 Å². The highest BCUT2D eigenvalue weighted by Gasteiger charge is 2.23. The molecule has 0 spiro atoms. The number of piperidine rings is 1.